The molecule has 2 fully saturated rings. The first-order chi connectivity index (χ1) is 12.7. The van der Waals surface area contributed by atoms with Crippen LogP contribution in [0.4, 0.5) is 0 Å². The third kappa shape index (κ3) is 4.06. The number of nitrogens with one attached hydrogen (secondary N) is 1. The Labute approximate surface area is 158 Å². The molecule has 1 N–H and O–H groups in total. The number of hydrogen-bond donors (Lipinski definition) is 1. The van der Waals surface area contributed by atoms with Gasteiger partial charge in [0.15, 0.2) is 0 Å². The first-order valence-electron chi connectivity index (χ1n) is 8.96. The zero-order valence-corrected chi connectivity index (χ0v) is 15.2. The molecule has 26 heavy (non-hydrogen) atoms. The van der Waals surface area contributed by atoms with Crippen LogP contribution in [0.2, 0.25) is 5.02 Å². The number of carbonyl (C=O) groups excluding carboxylic acids is 1. The number of amides is 1. The van der Waals surface area contributed by atoms with Crippen LogP contribution in [0.5, 0.6) is 0 Å². The third-order valence-electron chi connectivity index (χ3n) is 5.08. The van der Waals surface area contributed by atoms with Crippen molar-refractivity contribution in [1.82, 2.24) is 15.2 Å². The van der Waals surface area contributed by atoms with Gasteiger partial charge < -0.3 is 10.1 Å². The van der Waals surface area contributed by atoms with Gasteiger partial charge in [-0.05, 0) is 35.7 Å². The summed E-state index contributed by atoms with van der Waals surface area (Å²) >= 11 is 5.96. The van der Waals surface area contributed by atoms with E-state index in [1.165, 1.54) is 5.56 Å². The number of likely N-dealkylation sites (tertiary alicyclic amines) is 1. The lowest BCUT2D eigenvalue weighted by Crippen LogP contribution is -2.44. The number of halogens is 1. The molecule has 2 aromatic rings. The number of fused-ring (bicyclic) bond motifs is 2. The maximum atomic E-state index is 12.6. The highest BCUT2D eigenvalue weighted by Crippen LogP contribution is 2.32. The van der Waals surface area contributed by atoms with Crippen LogP contribution in [0.15, 0.2) is 48.8 Å². The molecule has 3 heterocycles. The Morgan fingerprint density at radius 3 is 2.85 bits per heavy atom. The highest BCUT2D eigenvalue weighted by Gasteiger charge is 2.44. The van der Waals surface area contributed by atoms with Crippen LogP contribution in [0.3, 0.4) is 0 Å². The normalized spacial score (nSPS) is 25.2. The van der Waals surface area contributed by atoms with Crippen molar-refractivity contribution in [2.75, 3.05) is 13.1 Å². The summed E-state index contributed by atoms with van der Waals surface area (Å²) in [5, 5.41) is 3.78. The molecule has 2 aliphatic heterocycles. The number of carbonyl (C=O) groups is 1. The fraction of sp³-hybridized carbons (Fsp3) is 0.400. The number of benzene rings is 1. The minimum Gasteiger partial charge on any atom is -0.371 e. The van der Waals surface area contributed by atoms with E-state index in [0.717, 1.165) is 36.6 Å². The topological polar surface area (TPSA) is 54.5 Å². The van der Waals surface area contributed by atoms with Crippen LogP contribution in [0.25, 0.3) is 0 Å². The van der Waals surface area contributed by atoms with Gasteiger partial charge in [0.25, 0.3) is 0 Å². The first-order valence-corrected chi connectivity index (χ1v) is 9.34. The van der Waals surface area contributed by atoms with E-state index >= 15 is 0 Å². The molecule has 0 unspecified atom stereocenters. The van der Waals surface area contributed by atoms with E-state index in [2.05, 4.69) is 27.3 Å². The highest BCUT2D eigenvalue weighted by atomic mass is 35.5. The monoisotopic (exact) mass is 371 g/mol. The van der Waals surface area contributed by atoms with E-state index in [1.54, 1.807) is 12.4 Å². The molecule has 2 bridgehead atoms. The summed E-state index contributed by atoms with van der Waals surface area (Å²) in [7, 11) is 0. The summed E-state index contributed by atoms with van der Waals surface area (Å²) in [6.07, 6.45) is 4.40. The number of pyridine rings is 1. The second kappa shape index (κ2) is 7.74. The van der Waals surface area contributed by atoms with E-state index in [1.807, 2.05) is 24.3 Å². The Bertz CT molecular complexity index is 753. The van der Waals surface area contributed by atoms with E-state index in [-0.39, 0.29) is 24.0 Å². The van der Waals surface area contributed by atoms with Crippen molar-refractivity contribution < 1.29 is 9.53 Å². The van der Waals surface area contributed by atoms with Gasteiger partial charge in [-0.1, -0.05) is 29.8 Å². The number of rotatable bonds is 5. The minimum atomic E-state index is -0.0770. The third-order valence-corrected chi connectivity index (χ3v) is 5.33. The molecule has 6 heteroatoms. The summed E-state index contributed by atoms with van der Waals surface area (Å²) in [6.45, 7) is 3.02. The molecule has 3 atom stereocenters. The molecule has 2 aliphatic rings. The molecule has 4 rings (SSSR count). The van der Waals surface area contributed by atoms with E-state index in [0.29, 0.717) is 6.54 Å². The van der Waals surface area contributed by atoms with Crippen molar-refractivity contribution in [3.63, 3.8) is 0 Å². The van der Waals surface area contributed by atoms with Gasteiger partial charge >= 0.3 is 0 Å². The second-order valence-corrected chi connectivity index (χ2v) is 7.47. The van der Waals surface area contributed by atoms with Crippen LogP contribution in [0.1, 0.15) is 17.5 Å². The number of nitrogens with zero attached hydrogens (tertiary/aromatic N) is 2. The molecule has 0 radical (unpaired) electrons. The van der Waals surface area contributed by atoms with Crippen LogP contribution in [0, 0.1) is 5.92 Å². The van der Waals surface area contributed by atoms with Gasteiger partial charge in [-0.2, -0.15) is 0 Å². The molecule has 0 spiro atoms. The lowest BCUT2D eigenvalue weighted by molar-refractivity contribution is -0.128. The Kier molecular flexibility index (Phi) is 5.20. The molecule has 5 nitrogen and oxygen atoms in total. The van der Waals surface area contributed by atoms with Gasteiger partial charge in [0.2, 0.25) is 5.91 Å². The smallest absolute Gasteiger partial charge is 0.226 e. The molecule has 0 aliphatic carbocycles. The van der Waals surface area contributed by atoms with Crippen molar-refractivity contribution in [3.8, 4) is 0 Å². The fourth-order valence-electron chi connectivity index (χ4n) is 3.81. The van der Waals surface area contributed by atoms with Crippen LogP contribution >= 0.6 is 11.6 Å². The first kappa shape index (κ1) is 17.5. The minimum absolute atomic E-state index is 0.0325. The lowest BCUT2D eigenvalue weighted by Gasteiger charge is -2.32. The molecule has 1 aromatic heterocycles. The number of morpholine rings is 1. The molecule has 136 valence electrons. The van der Waals surface area contributed by atoms with Crippen molar-refractivity contribution in [3.05, 3.63) is 64.9 Å². The maximum Gasteiger partial charge on any atom is 0.226 e. The number of ether oxygens (including phenoxy) is 1. The van der Waals surface area contributed by atoms with Crippen molar-refractivity contribution in [2.24, 2.45) is 5.92 Å². The van der Waals surface area contributed by atoms with E-state index < -0.39 is 0 Å². The van der Waals surface area contributed by atoms with E-state index in [9.17, 15) is 4.79 Å². The fourth-order valence-corrected chi connectivity index (χ4v) is 3.94. The predicted octanol–water partition coefficient (Wildman–Crippen LogP) is 2.64. The molecule has 1 amide bonds. The highest BCUT2D eigenvalue weighted by molar-refractivity contribution is 6.30. The zero-order chi connectivity index (χ0) is 17.9. The molecular weight excluding hydrogens is 350 g/mol. The van der Waals surface area contributed by atoms with Gasteiger partial charge in [0.1, 0.15) is 0 Å². The lowest BCUT2D eigenvalue weighted by atomic mass is 9.99. The molecule has 2 saturated heterocycles. The Morgan fingerprint density at radius 2 is 2.08 bits per heavy atom. The summed E-state index contributed by atoms with van der Waals surface area (Å²) < 4.78 is 6.03. The quantitative estimate of drug-likeness (QED) is 0.877. The van der Waals surface area contributed by atoms with Gasteiger partial charge in [0.05, 0.1) is 18.1 Å². The molecule has 1 aromatic carbocycles. The van der Waals surface area contributed by atoms with Crippen LogP contribution in [-0.2, 0) is 22.6 Å². The zero-order valence-electron chi connectivity index (χ0n) is 14.5. The molecular formula is C20H22ClN3O2. The standard InChI is InChI=1S/C20H22ClN3O2/c21-16-5-3-14(4-6-16)11-24-12-17-8-18(19(13-24)26-17)20(25)23-10-15-2-1-7-22-9-15/h1-7,9,17-19H,8,10-13H2,(H,23,25)/t17-,18-,19+/m0/s1. The van der Waals surface area contributed by atoms with Crippen LogP contribution < -0.4 is 5.32 Å². The number of aromatic nitrogens is 1. The van der Waals surface area contributed by atoms with Crippen molar-refractivity contribution >= 4 is 17.5 Å². The Hall–Kier alpha value is -1.95. The van der Waals surface area contributed by atoms with Crippen LogP contribution in [-0.4, -0.2) is 41.1 Å². The van der Waals surface area contributed by atoms with Gasteiger partial charge in [-0.25, -0.2) is 0 Å². The SMILES string of the molecule is O=C(NCc1cccnc1)[C@H]1C[C@H]2CN(Cc3ccc(Cl)cc3)C[C@H]1O2. The molecule has 0 saturated carbocycles. The Morgan fingerprint density at radius 1 is 1.23 bits per heavy atom. The average Bonchev–Trinajstić information content (AvgIpc) is 2.97. The van der Waals surface area contributed by atoms with Crippen molar-refractivity contribution in [2.45, 2.75) is 31.7 Å². The largest absolute Gasteiger partial charge is 0.371 e. The van der Waals surface area contributed by atoms with Gasteiger partial charge in [-0.15, -0.1) is 0 Å². The summed E-state index contributed by atoms with van der Waals surface area (Å²) in [5.74, 6) is 0.00147. The maximum absolute atomic E-state index is 12.6. The Balaban J connectivity index is 1.33. The summed E-state index contributed by atoms with van der Waals surface area (Å²) in [6, 6.07) is 11.8. The summed E-state index contributed by atoms with van der Waals surface area (Å²) in [4.78, 5) is 19.1. The summed E-state index contributed by atoms with van der Waals surface area (Å²) in [5.41, 5.74) is 2.24. The van der Waals surface area contributed by atoms with Gasteiger partial charge in [0, 0.05) is 43.6 Å². The average molecular weight is 372 g/mol. The van der Waals surface area contributed by atoms with Gasteiger partial charge in [-0.3, -0.25) is 14.7 Å². The second-order valence-electron chi connectivity index (χ2n) is 7.04. The number of hydrogen-bond acceptors (Lipinski definition) is 4. The predicted molar refractivity (Wildman–Crippen MR) is 99.6 cm³/mol. The van der Waals surface area contributed by atoms with E-state index in [4.69, 9.17) is 16.3 Å². The van der Waals surface area contributed by atoms with Crippen molar-refractivity contribution in [1.29, 1.82) is 0 Å².